The summed E-state index contributed by atoms with van der Waals surface area (Å²) in [6.45, 7) is 10.2. The maximum atomic E-state index is 12.5. The van der Waals surface area contributed by atoms with E-state index in [1.54, 1.807) is 24.3 Å². The quantitative estimate of drug-likeness (QED) is 0.504. The van der Waals surface area contributed by atoms with Crippen molar-refractivity contribution in [2.45, 2.75) is 33.2 Å². The number of hydrogen-bond acceptors (Lipinski definition) is 5. The van der Waals surface area contributed by atoms with Crippen molar-refractivity contribution in [1.29, 1.82) is 0 Å². The van der Waals surface area contributed by atoms with Gasteiger partial charge in [-0.05, 0) is 55.8 Å². The molecule has 0 aromatic heterocycles. The molecule has 1 fully saturated rings. The summed E-state index contributed by atoms with van der Waals surface area (Å²) in [4.78, 5) is 26.3. The van der Waals surface area contributed by atoms with Gasteiger partial charge in [-0.25, -0.2) is 0 Å². The first-order valence-corrected chi connectivity index (χ1v) is 9.11. The minimum atomic E-state index is -0.241. The summed E-state index contributed by atoms with van der Waals surface area (Å²) in [5, 5.41) is -0.221. The molecule has 1 aromatic rings. The highest BCUT2D eigenvalue weighted by atomic mass is 32.2. The largest absolute Gasteiger partial charge is 0.490 e. The molecule has 25 heavy (non-hydrogen) atoms. The summed E-state index contributed by atoms with van der Waals surface area (Å²) < 4.78 is 11.2. The molecule has 6 heteroatoms. The average molecular weight is 361 g/mol. The van der Waals surface area contributed by atoms with Crippen LogP contribution in [0.1, 0.15) is 32.8 Å². The maximum Gasteiger partial charge on any atom is 0.293 e. The third-order valence-electron chi connectivity index (χ3n) is 3.78. The summed E-state index contributed by atoms with van der Waals surface area (Å²) >= 11 is 0.971. The summed E-state index contributed by atoms with van der Waals surface area (Å²) in [5.41, 5.74) is 0.782. The van der Waals surface area contributed by atoms with E-state index in [2.05, 4.69) is 6.58 Å². The summed E-state index contributed by atoms with van der Waals surface area (Å²) in [7, 11) is 0. The Morgan fingerprint density at radius 1 is 1.24 bits per heavy atom. The van der Waals surface area contributed by atoms with Crippen LogP contribution < -0.4 is 9.47 Å². The number of hydrogen-bond donors (Lipinski definition) is 0. The lowest BCUT2D eigenvalue weighted by atomic mass is 10.1. The Morgan fingerprint density at radius 3 is 2.64 bits per heavy atom. The number of imide groups is 1. The van der Waals surface area contributed by atoms with Gasteiger partial charge in [0.25, 0.3) is 11.1 Å². The summed E-state index contributed by atoms with van der Waals surface area (Å²) in [6.07, 6.45) is 4.11. The van der Waals surface area contributed by atoms with Crippen LogP contribution in [0.15, 0.2) is 35.8 Å². The monoisotopic (exact) mass is 361 g/mol. The van der Waals surface area contributed by atoms with Crippen LogP contribution in [-0.4, -0.2) is 35.3 Å². The normalized spacial score (nSPS) is 17.1. The Balaban J connectivity index is 2.28. The standard InChI is InChI=1S/C19H23NO4S/c1-5-10-24-15-9-8-14(11-16(15)23-7-3)12-17-18(21)20(13(4)6-2)19(22)25-17/h5,8-9,11-13H,1,6-7,10H2,2-4H3/b17-12+/t13-/m1/s1. The van der Waals surface area contributed by atoms with Gasteiger partial charge >= 0.3 is 0 Å². The van der Waals surface area contributed by atoms with Gasteiger partial charge in [0.05, 0.1) is 11.5 Å². The molecule has 1 aliphatic heterocycles. The number of carbonyl (C=O) groups excluding carboxylic acids is 2. The molecule has 5 nitrogen and oxygen atoms in total. The van der Waals surface area contributed by atoms with Crippen molar-refractivity contribution < 1.29 is 19.1 Å². The molecule has 0 bridgehead atoms. The van der Waals surface area contributed by atoms with Crippen molar-refractivity contribution in [3.63, 3.8) is 0 Å². The van der Waals surface area contributed by atoms with Crippen LogP contribution in [0.3, 0.4) is 0 Å². The highest BCUT2D eigenvalue weighted by molar-refractivity contribution is 8.18. The van der Waals surface area contributed by atoms with Crippen LogP contribution in [0, 0.1) is 0 Å². The molecular formula is C19H23NO4S. The first-order chi connectivity index (χ1) is 12.0. The zero-order valence-electron chi connectivity index (χ0n) is 14.8. The molecule has 2 rings (SSSR count). The van der Waals surface area contributed by atoms with Crippen molar-refractivity contribution in [2.24, 2.45) is 0 Å². The fraction of sp³-hybridized carbons (Fsp3) is 0.368. The molecule has 1 aliphatic rings. The Hall–Kier alpha value is -2.21. The number of rotatable bonds is 8. The SMILES string of the molecule is C=CCOc1ccc(/C=C2/SC(=O)N([C@H](C)CC)C2=O)cc1OCC. The second-order valence-corrected chi connectivity index (χ2v) is 6.54. The first-order valence-electron chi connectivity index (χ1n) is 8.29. The highest BCUT2D eigenvalue weighted by Crippen LogP contribution is 2.35. The van der Waals surface area contributed by atoms with E-state index < -0.39 is 0 Å². The summed E-state index contributed by atoms with van der Waals surface area (Å²) in [6, 6.07) is 5.32. The van der Waals surface area contributed by atoms with Gasteiger partial charge in [0, 0.05) is 6.04 Å². The number of amides is 2. The number of ether oxygens (including phenoxy) is 2. The Labute approximate surface area is 152 Å². The van der Waals surface area contributed by atoms with Crippen LogP contribution in [0.2, 0.25) is 0 Å². The van der Waals surface area contributed by atoms with Gasteiger partial charge in [-0.3, -0.25) is 14.5 Å². The fourth-order valence-corrected chi connectivity index (χ4v) is 3.27. The van der Waals surface area contributed by atoms with E-state index in [0.29, 0.717) is 29.6 Å². The number of carbonyl (C=O) groups is 2. The van der Waals surface area contributed by atoms with E-state index in [9.17, 15) is 9.59 Å². The smallest absolute Gasteiger partial charge is 0.293 e. The van der Waals surface area contributed by atoms with Crippen LogP contribution >= 0.6 is 11.8 Å². The third-order valence-corrected chi connectivity index (χ3v) is 4.66. The third kappa shape index (κ3) is 4.45. The molecule has 2 amide bonds. The molecule has 0 N–H and O–H groups in total. The van der Waals surface area contributed by atoms with Crippen molar-refractivity contribution in [2.75, 3.05) is 13.2 Å². The molecule has 1 aromatic carbocycles. The second-order valence-electron chi connectivity index (χ2n) is 5.55. The van der Waals surface area contributed by atoms with Crippen molar-refractivity contribution >= 4 is 29.0 Å². The van der Waals surface area contributed by atoms with E-state index in [-0.39, 0.29) is 17.2 Å². The Kier molecular flexibility index (Phi) is 6.70. The topological polar surface area (TPSA) is 55.8 Å². The van der Waals surface area contributed by atoms with Gasteiger partial charge in [0.2, 0.25) is 0 Å². The summed E-state index contributed by atoms with van der Waals surface area (Å²) in [5.74, 6) is 0.972. The van der Waals surface area contributed by atoms with Gasteiger partial charge in [-0.1, -0.05) is 25.6 Å². The van der Waals surface area contributed by atoms with E-state index >= 15 is 0 Å². The molecule has 134 valence electrons. The van der Waals surface area contributed by atoms with Crippen LogP contribution in [0.25, 0.3) is 6.08 Å². The number of nitrogens with zero attached hydrogens (tertiary/aromatic N) is 1. The Bertz CT molecular complexity index is 699. The van der Waals surface area contributed by atoms with E-state index in [0.717, 1.165) is 23.7 Å². The molecule has 0 saturated carbocycles. The van der Waals surface area contributed by atoms with Crippen molar-refractivity contribution in [1.82, 2.24) is 4.90 Å². The number of benzene rings is 1. The molecule has 1 atom stereocenters. The fourth-order valence-electron chi connectivity index (χ4n) is 2.34. The molecule has 1 saturated heterocycles. The van der Waals surface area contributed by atoms with Crippen LogP contribution in [-0.2, 0) is 4.79 Å². The Morgan fingerprint density at radius 2 is 2.00 bits per heavy atom. The minimum Gasteiger partial charge on any atom is -0.490 e. The first kappa shape index (κ1) is 19.1. The maximum absolute atomic E-state index is 12.5. The molecule has 0 aliphatic carbocycles. The lowest BCUT2D eigenvalue weighted by Gasteiger charge is -2.19. The second kappa shape index (κ2) is 8.76. The van der Waals surface area contributed by atoms with E-state index in [1.165, 1.54) is 4.90 Å². The molecular weight excluding hydrogens is 338 g/mol. The van der Waals surface area contributed by atoms with Gasteiger partial charge in [0.1, 0.15) is 6.61 Å². The van der Waals surface area contributed by atoms with Gasteiger partial charge in [-0.15, -0.1) is 0 Å². The zero-order chi connectivity index (χ0) is 18.4. The highest BCUT2D eigenvalue weighted by Gasteiger charge is 2.37. The molecule has 0 spiro atoms. The van der Waals surface area contributed by atoms with Crippen molar-refractivity contribution in [3.8, 4) is 11.5 Å². The number of thioether (sulfide) groups is 1. The molecule has 1 heterocycles. The van der Waals surface area contributed by atoms with Gasteiger partial charge in [-0.2, -0.15) is 0 Å². The van der Waals surface area contributed by atoms with E-state index in [1.807, 2.05) is 26.8 Å². The average Bonchev–Trinajstić information content (AvgIpc) is 2.87. The minimum absolute atomic E-state index is 0.105. The van der Waals surface area contributed by atoms with E-state index in [4.69, 9.17) is 9.47 Å². The molecule has 0 unspecified atom stereocenters. The predicted octanol–water partition coefficient (Wildman–Crippen LogP) is 4.48. The van der Waals surface area contributed by atoms with Crippen LogP contribution in [0.5, 0.6) is 11.5 Å². The predicted molar refractivity (Wildman–Crippen MR) is 101 cm³/mol. The lowest BCUT2D eigenvalue weighted by Crippen LogP contribution is -2.36. The van der Waals surface area contributed by atoms with Gasteiger partial charge < -0.3 is 9.47 Å². The van der Waals surface area contributed by atoms with Crippen LogP contribution in [0.4, 0.5) is 4.79 Å². The zero-order valence-corrected chi connectivity index (χ0v) is 15.6. The lowest BCUT2D eigenvalue weighted by molar-refractivity contribution is -0.124. The van der Waals surface area contributed by atoms with Crippen molar-refractivity contribution in [3.05, 3.63) is 41.3 Å². The molecule has 0 radical (unpaired) electrons. The van der Waals surface area contributed by atoms with Gasteiger partial charge in [0.15, 0.2) is 11.5 Å².